The van der Waals surface area contributed by atoms with E-state index in [1.165, 1.54) is 0 Å². The smallest absolute Gasteiger partial charge is 0.248 e. The Morgan fingerprint density at radius 1 is 1.39 bits per heavy atom. The van der Waals surface area contributed by atoms with Gasteiger partial charge in [0.15, 0.2) is 0 Å². The van der Waals surface area contributed by atoms with Crippen LogP contribution in [0.4, 0.5) is 5.69 Å². The molecular weight excluding hydrogens is 294 g/mol. The Labute approximate surface area is 135 Å². The van der Waals surface area contributed by atoms with E-state index in [2.05, 4.69) is 10.4 Å². The van der Waals surface area contributed by atoms with Gasteiger partial charge >= 0.3 is 0 Å². The van der Waals surface area contributed by atoms with Gasteiger partial charge in [-0.1, -0.05) is 6.07 Å². The summed E-state index contributed by atoms with van der Waals surface area (Å²) in [6.07, 6.45) is 3.35. The van der Waals surface area contributed by atoms with Crippen LogP contribution in [0.5, 0.6) is 0 Å². The molecule has 1 heterocycles. The first kappa shape index (κ1) is 16.7. The van der Waals surface area contributed by atoms with Crippen molar-refractivity contribution in [1.82, 2.24) is 14.7 Å². The predicted molar refractivity (Wildman–Crippen MR) is 87.9 cm³/mol. The second-order valence-electron chi connectivity index (χ2n) is 5.63. The largest absolute Gasteiger partial charge is 0.366 e. The van der Waals surface area contributed by atoms with Crippen LogP contribution in [0.2, 0.25) is 0 Å². The SMILES string of the molecule is C[C@@H](C(=O)Nc1cc(C(N)=O)ccc1CN(C)C)n1cccn1. The lowest BCUT2D eigenvalue weighted by Crippen LogP contribution is -2.25. The van der Waals surface area contributed by atoms with Gasteiger partial charge in [-0.2, -0.15) is 5.10 Å². The van der Waals surface area contributed by atoms with Crippen molar-refractivity contribution in [3.8, 4) is 0 Å². The molecule has 122 valence electrons. The van der Waals surface area contributed by atoms with Crippen LogP contribution in [0.15, 0.2) is 36.7 Å². The molecule has 0 aliphatic heterocycles. The van der Waals surface area contributed by atoms with E-state index in [0.29, 0.717) is 17.8 Å². The summed E-state index contributed by atoms with van der Waals surface area (Å²) in [4.78, 5) is 25.8. The Hall–Kier alpha value is -2.67. The number of amides is 2. The van der Waals surface area contributed by atoms with Gasteiger partial charge in [0.25, 0.3) is 0 Å². The molecule has 1 aromatic carbocycles. The van der Waals surface area contributed by atoms with Gasteiger partial charge < -0.3 is 16.0 Å². The Bertz CT molecular complexity index is 695. The second-order valence-corrected chi connectivity index (χ2v) is 5.63. The van der Waals surface area contributed by atoms with E-state index >= 15 is 0 Å². The van der Waals surface area contributed by atoms with E-state index in [1.54, 1.807) is 48.3 Å². The van der Waals surface area contributed by atoms with Gasteiger partial charge in [-0.3, -0.25) is 14.3 Å². The highest BCUT2D eigenvalue weighted by Gasteiger charge is 2.17. The van der Waals surface area contributed by atoms with Crippen LogP contribution in [0, 0.1) is 0 Å². The molecule has 2 aromatic rings. The maximum atomic E-state index is 12.4. The van der Waals surface area contributed by atoms with Crippen LogP contribution in [0.3, 0.4) is 0 Å². The molecule has 0 spiro atoms. The van der Waals surface area contributed by atoms with E-state index in [4.69, 9.17) is 5.73 Å². The van der Waals surface area contributed by atoms with Crippen LogP contribution < -0.4 is 11.1 Å². The Morgan fingerprint density at radius 3 is 2.70 bits per heavy atom. The number of rotatable bonds is 6. The lowest BCUT2D eigenvalue weighted by molar-refractivity contribution is -0.119. The standard InChI is InChI=1S/C16H21N5O2/c1-11(21-8-4-7-18-21)16(23)19-14-9-12(15(17)22)5-6-13(14)10-20(2)3/h4-9,11H,10H2,1-3H3,(H2,17,22)(H,19,23)/t11-/m0/s1. The van der Waals surface area contributed by atoms with Crippen LogP contribution in [-0.4, -0.2) is 40.6 Å². The molecule has 1 atom stereocenters. The number of hydrogen-bond donors (Lipinski definition) is 2. The summed E-state index contributed by atoms with van der Waals surface area (Å²) in [7, 11) is 3.86. The molecule has 23 heavy (non-hydrogen) atoms. The highest BCUT2D eigenvalue weighted by Crippen LogP contribution is 2.20. The number of nitrogens with one attached hydrogen (secondary N) is 1. The summed E-state index contributed by atoms with van der Waals surface area (Å²) in [6.45, 7) is 2.39. The summed E-state index contributed by atoms with van der Waals surface area (Å²) >= 11 is 0. The Kier molecular flexibility index (Phi) is 5.13. The lowest BCUT2D eigenvalue weighted by atomic mass is 10.1. The zero-order chi connectivity index (χ0) is 17.0. The summed E-state index contributed by atoms with van der Waals surface area (Å²) in [6, 6.07) is 6.36. The van der Waals surface area contributed by atoms with Gasteiger partial charge in [0, 0.05) is 30.2 Å². The molecule has 3 N–H and O–H groups in total. The number of aromatic nitrogens is 2. The fraction of sp³-hybridized carbons (Fsp3) is 0.312. The Balaban J connectivity index is 2.26. The molecule has 0 saturated carbocycles. The fourth-order valence-electron chi connectivity index (χ4n) is 2.19. The number of benzene rings is 1. The van der Waals surface area contributed by atoms with Crippen LogP contribution in [0.25, 0.3) is 0 Å². The Morgan fingerprint density at radius 2 is 2.13 bits per heavy atom. The second kappa shape index (κ2) is 7.06. The molecule has 1 aromatic heterocycles. The molecule has 0 aliphatic carbocycles. The summed E-state index contributed by atoms with van der Waals surface area (Å²) in [5.41, 5.74) is 7.17. The van der Waals surface area contributed by atoms with E-state index in [0.717, 1.165) is 5.56 Å². The fourth-order valence-corrected chi connectivity index (χ4v) is 2.19. The average molecular weight is 315 g/mol. The molecule has 0 bridgehead atoms. The first-order chi connectivity index (χ1) is 10.9. The lowest BCUT2D eigenvalue weighted by Gasteiger charge is -2.18. The van der Waals surface area contributed by atoms with Crippen molar-refractivity contribution >= 4 is 17.5 Å². The first-order valence-corrected chi connectivity index (χ1v) is 7.26. The monoisotopic (exact) mass is 315 g/mol. The maximum Gasteiger partial charge on any atom is 0.248 e. The van der Waals surface area contributed by atoms with Gasteiger partial charge in [0.2, 0.25) is 11.8 Å². The van der Waals surface area contributed by atoms with Crippen molar-refractivity contribution in [3.05, 3.63) is 47.8 Å². The number of primary amides is 1. The highest BCUT2D eigenvalue weighted by molar-refractivity contribution is 5.98. The van der Waals surface area contributed by atoms with Gasteiger partial charge in [-0.25, -0.2) is 0 Å². The molecule has 0 radical (unpaired) electrons. The third-order valence-corrected chi connectivity index (χ3v) is 3.44. The zero-order valence-corrected chi connectivity index (χ0v) is 13.5. The summed E-state index contributed by atoms with van der Waals surface area (Å²) in [5, 5.41) is 6.93. The minimum Gasteiger partial charge on any atom is -0.366 e. The number of anilines is 1. The van der Waals surface area contributed by atoms with E-state index < -0.39 is 11.9 Å². The number of nitrogens with zero attached hydrogens (tertiary/aromatic N) is 3. The third-order valence-electron chi connectivity index (χ3n) is 3.44. The van der Waals surface area contributed by atoms with Crippen molar-refractivity contribution in [3.63, 3.8) is 0 Å². The molecule has 0 unspecified atom stereocenters. The highest BCUT2D eigenvalue weighted by atomic mass is 16.2. The molecule has 0 saturated heterocycles. The molecular formula is C16H21N5O2. The van der Waals surface area contributed by atoms with Gasteiger partial charge in [-0.15, -0.1) is 0 Å². The van der Waals surface area contributed by atoms with Crippen molar-refractivity contribution in [1.29, 1.82) is 0 Å². The molecule has 0 aliphatic rings. The zero-order valence-electron chi connectivity index (χ0n) is 13.5. The van der Waals surface area contributed by atoms with Crippen LogP contribution >= 0.6 is 0 Å². The van der Waals surface area contributed by atoms with Gasteiger partial charge in [0.1, 0.15) is 6.04 Å². The third kappa shape index (κ3) is 4.17. The van der Waals surface area contributed by atoms with E-state index in [9.17, 15) is 9.59 Å². The predicted octanol–water partition coefficient (Wildman–Crippen LogP) is 1.24. The van der Waals surface area contributed by atoms with Crippen molar-refractivity contribution in [2.45, 2.75) is 19.5 Å². The first-order valence-electron chi connectivity index (χ1n) is 7.26. The molecule has 0 fully saturated rings. The summed E-state index contributed by atoms with van der Waals surface area (Å²) in [5.74, 6) is -0.743. The molecule has 7 heteroatoms. The number of nitrogens with two attached hydrogens (primary N) is 1. The molecule has 7 nitrogen and oxygen atoms in total. The minimum absolute atomic E-state index is 0.213. The van der Waals surface area contributed by atoms with Gasteiger partial charge in [0.05, 0.1) is 0 Å². The minimum atomic E-state index is -0.531. The molecule has 2 rings (SSSR count). The average Bonchev–Trinajstić information content (AvgIpc) is 3.01. The maximum absolute atomic E-state index is 12.4. The quantitative estimate of drug-likeness (QED) is 0.839. The van der Waals surface area contributed by atoms with Crippen LogP contribution in [0.1, 0.15) is 28.9 Å². The van der Waals surface area contributed by atoms with Crippen molar-refractivity contribution in [2.24, 2.45) is 5.73 Å². The van der Waals surface area contributed by atoms with E-state index in [-0.39, 0.29) is 5.91 Å². The normalized spacial score (nSPS) is 12.2. The number of hydrogen-bond acceptors (Lipinski definition) is 4. The topological polar surface area (TPSA) is 93.2 Å². The molecule has 2 amide bonds. The number of carbonyl (C=O) groups is 2. The van der Waals surface area contributed by atoms with Crippen molar-refractivity contribution < 1.29 is 9.59 Å². The van der Waals surface area contributed by atoms with Crippen LogP contribution in [-0.2, 0) is 11.3 Å². The van der Waals surface area contributed by atoms with Crippen molar-refractivity contribution in [2.75, 3.05) is 19.4 Å². The van der Waals surface area contributed by atoms with E-state index in [1.807, 2.05) is 19.0 Å². The number of carbonyl (C=O) groups excluding carboxylic acids is 2. The summed E-state index contributed by atoms with van der Waals surface area (Å²) < 4.78 is 1.57. The van der Waals surface area contributed by atoms with Gasteiger partial charge in [-0.05, 0) is 44.8 Å².